The number of nitrogens with one attached hydrogen (secondary N) is 2. The Labute approximate surface area is 132 Å². The smallest absolute Gasteiger partial charge is 0.250 e. The third-order valence-electron chi connectivity index (χ3n) is 3.01. The third kappa shape index (κ3) is 6.44. The molecule has 122 valence electrons. The van der Waals surface area contributed by atoms with Crippen molar-refractivity contribution in [1.29, 1.82) is 0 Å². The molecule has 0 bridgehead atoms. The SMILES string of the molecule is Cc1cc(S(=O)(=O)NCCCN(C)C)sc1CNC(C)C. The van der Waals surface area contributed by atoms with E-state index in [0.717, 1.165) is 23.4 Å². The highest BCUT2D eigenvalue weighted by atomic mass is 32.2. The van der Waals surface area contributed by atoms with Crippen molar-refractivity contribution >= 4 is 21.4 Å². The maximum absolute atomic E-state index is 12.2. The zero-order valence-electron chi connectivity index (χ0n) is 13.6. The fraction of sp³-hybridized carbons (Fsp3) is 0.714. The summed E-state index contributed by atoms with van der Waals surface area (Å²) in [7, 11) is 0.578. The van der Waals surface area contributed by atoms with Crippen LogP contribution in [0, 0.1) is 6.92 Å². The van der Waals surface area contributed by atoms with Crippen molar-refractivity contribution in [1.82, 2.24) is 14.9 Å². The van der Waals surface area contributed by atoms with Crippen LogP contribution in [0.4, 0.5) is 0 Å². The maximum Gasteiger partial charge on any atom is 0.250 e. The standard InChI is InChI=1S/C14H27N3O2S2/c1-11(2)15-10-13-12(3)9-14(20-13)21(18,19)16-7-6-8-17(4)5/h9,11,15-16H,6-8,10H2,1-5H3. The lowest BCUT2D eigenvalue weighted by Gasteiger charge is -2.09. The molecule has 7 heteroatoms. The van der Waals surface area contributed by atoms with Crippen molar-refractivity contribution in [2.24, 2.45) is 0 Å². The normalized spacial score (nSPS) is 12.5. The first-order valence-corrected chi connectivity index (χ1v) is 9.49. The Hall–Kier alpha value is -0.470. The Bertz CT molecular complexity index is 536. The van der Waals surface area contributed by atoms with E-state index in [1.807, 2.05) is 25.9 Å². The molecule has 5 nitrogen and oxygen atoms in total. The van der Waals surface area contributed by atoms with Gasteiger partial charge in [-0.2, -0.15) is 0 Å². The van der Waals surface area contributed by atoms with Crippen LogP contribution < -0.4 is 10.0 Å². The van der Waals surface area contributed by atoms with Crippen LogP contribution in [-0.2, 0) is 16.6 Å². The van der Waals surface area contributed by atoms with E-state index in [2.05, 4.69) is 23.9 Å². The second kappa shape index (κ2) is 8.24. The molecular weight excluding hydrogens is 306 g/mol. The molecule has 1 aromatic rings. The van der Waals surface area contributed by atoms with Gasteiger partial charge < -0.3 is 10.2 Å². The summed E-state index contributed by atoms with van der Waals surface area (Å²) in [5.41, 5.74) is 1.03. The fourth-order valence-corrected chi connectivity index (χ4v) is 4.42. The van der Waals surface area contributed by atoms with Crippen molar-refractivity contribution in [3.8, 4) is 0 Å². The first-order valence-electron chi connectivity index (χ1n) is 7.19. The first kappa shape index (κ1) is 18.6. The summed E-state index contributed by atoms with van der Waals surface area (Å²) < 4.78 is 27.6. The van der Waals surface area contributed by atoms with E-state index in [-0.39, 0.29) is 0 Å². The van der Waals surface area contributed by atoms with Crippen LogP contribution in [0.5, 0.6) is 0 Å². The van der Waals surface area contributed by atoms with Crippen LogP contribution >= 0.6 is 11.3 Å². The molecule has 0 aliphatic heterocycles. The van der Waals surface area contributed by atoms with Crippen LogP contribution in [0.1, 0.15) is 30.7 Å². The molecule has 0 aliphatic carbocycles. The minimum Gasteiger partial charge on any atom is -0.310 e. The quantitative estimate of drug-likeness (QED) is 0.676. The Morgan fingerprint density at radius 3 is 2.57 bits per heavy atom. The van der Waals surface area contributed by atoms with Gasteiger partial charge in [0.25, 0.3) is 0 Å². The highest BCUT2D eigenvalue weighted by Crippen LogP contribution is 2.25. The number of sulfonamides is 1. The molecule has 1 heterocycles. The second-order valence-electron chi connectivity index (χ2n) is 5.76. The third-order valence-corrected chi connectivity index (χ3v) is 6.18. The molecule has 0 spiro atoms. The Balaban J connectivity index is 2.64. The summed E-state index contributed by atoms with van der Waals surface area (Å²) >= 11 is 1.35. The molecule has 0 fully saturated rings. The predicted octanol–water partition coefficient (Wildman–Crippen LogP) is 1.78. The largest absolute Gasteiger partial charge is 0.310 e. The van der Waals surface area contributed by atoms with Gasteiger partial charge in [0.15, 0.2) is 0 Å². The second-order valence-corrected chi connectivity index (χ2v) is 8.89. The van der Waals surface area contributed by atoms with Gasteiger partial charge in [-0.3, -0.25) is 0 Å². The van der Waals surface area contributed by atoms with Crippen LogP contribution in [0.25, 0.3) is 0 Å². The number of thiophene rings is 1. The van der Waals surface area contributed by atoms with E-state index in [9.17, 15) is 8.42 Å². The summed E-state index contributed by atoms with van der Waals surface area (Å²) in [6, 6.07) is 2.15. The van der Waals surface area contributed by atoms with Crippen molar-refractivity contribution in [2.75, 3.05) is 27.2 Å². The monoisotopic (exact) mass is 333 g/mol. The minimum absolute atomic E-state index is 0.385. The Kier molecular flexibility index (Phi) is 7.29. The summed E-state index contributed by atoms with van der Waals surface area (Å²) in [6.07, 6.45) is 0.804. The van der Waals surface area contributed by atoms with Crippen LogP contribution in [-0.4, -0.2) is 46.5 Å². The average Bonchev–Trinajstić information content (AvgIpc) is 2.74. The molecule has 0 radical (unpaired) electrons. The van der Waals surface area contributed by atoms with Gasteiger partial charge in [-0.25, -0.2) is 13.1 Å². The number of hydrogen-bond donors (Lipinski definition) is 2. The van der Waals surface area contributed by atoms with E-state index in [0.29, 0.717) is 23.3 Å². The molecule has 0 saturated heterocycles. The van der Waals surface area contributed by atoms with Gasteiger partial charge in [0.2, 0.25) is 10.0 Å². The number of hydrogen-bond acceptors (Lipinski definition) is 5. The molecule has 1 aromatic heterocycles. The van der Waals surface area contributed by atoms with E-state index < -0.39 is 10.0 Å². The molecule has 0 aromatic carbocycles. The summed E-state index contributed by atoms with van der Waals surface area (Å²) in [4.78, 5) is 3.12. The van der Waals surface area contributed by atoms with Gasteiger partial charge in [-0.15, -0.1) is 11.3 Å². The first-order chi connectivity index (χ1) is 9.72. The minimum atomic E-state index is -3.38. The topological polar surface area (TPSA) is 61.4 Å². The summed E-state index contributed by atoms with van der Waals surface area (Å²) in [5, 5.41) is 3.32. The number of nitrogens with zero attached hydrogens (tertiary/aromatic N) is 1. The molecule has 0 unspecified atom stereocenters. The lowest BCUT2D eigenvalue weighted by molar-refractivity contribution is 0.400. The zero-order valence-corrected chi connectivity index (χ0v) is 15.2. The molecular formula is C14H27N3O2S2. The molecule has 0 atom stereocenters. The van der Waals surface area contributed by atoms with Crippen LogP contribution in [0.2, 0.25) is 0 Å². The molecule has 0 saturated carbocycles. The van der Waals surface area contributed by atoms with Crippen molar-refractivity contribution < 1.29 is 8.42 Å². The fourth-order valence-electron chi connectivity index (χ4n) is 1.77. The van der Waals surface area contributed by atoms with Gasteiger partial charge in [0, 0.05) is 24.0 Å². The van der Waals surface area contributed by atoms with E-state index in [1.165, 1.54) is 11.3 Å². The van der Waals surface area contributed by atoms with Crippen molar-refractivity contribution in [3.05, 3.63) is 16.5 Å². The van der Waals surface area contributed by atoms with Gasteiger partial charge in [0.05, 0.1) is 0 Å². The Morgan fingerprint density at radius 1 is 1.33 bits per heavy atom. The van der Waals surface area contributed by atoms with Gasteiger partial charge in [-0.1, -0.05) is 13.8 Å². The number of aryl methyl sites for hydroxylation is 1. The zero-order chi connectivity index (χ0) is 16.0. The number of rotatable bonds is 9. The average molecular weight is 334 g/mol. The maximum atomic E-state index is 12.2. The van der Waals surface area contributed by atoms with Gasteiger partial charge in [0.1, 0.15) is 4.21 Å². The lowest BCUT2D eigenvalue weighted by atomic mass is 10.3. The van der Waals surface area contributed by atoms with Gasteiger partial charge in [-0.05, 0) is 45.6 Å². The highest BCUT2D eigenvalue weighted by Gasteiger charge is 2.18. The highest BCUT2D eigenvalue weighted by molar-refractivity contribution is 7.91. The lowest BCUT2D eigenvalue weighted by Crippen LogP contribution is -2.26. The molecule has 2 N–H and O–H groups in total. The molecule has 1 rings (SSSR count). The van der Waals surface area contributed by atoms with E-state index in [4.69, 9.17) is 0 Å². The summed E-state index contributed by atoms with van der Waals surface area (Å²) in [6.45, 7) is 8.16. The van der Waals surface area contributed by atoms with E-state index >= 15 is 0 Å². The predicted molar refractivity (Wildman–Crippen MR) is 89.4 cm³/mol. The summed E-state index contributed by atoms with van der Waals surface area (Å²) in [5.74, 6) is 0. The molecule has 21 heavy (non-hydrogen) atoms. The van der Waals surface area contributed by atoms with Crippen LogP contribution in [0.15, 0.2) is 10.3 Å². The van der Waals surface area contributed by atoms with Crippen molar-refractivity contribution in [2.45, 2.75) is 44.0 Å². The molecule has 0 aliphatic rings. The van der Waals surface area contributed by atoms with Crippen LogP contribution in [0.3, 0.4) is 0 Å². The van der Waals surface area contributed by atoms with Gasteiger partial charge >= 0.3 is 0 Å². The molecule has 0 amide bonds. The van der Waals surface area contributed by atoms with E-state index in [1.54, 1.807) is 6.07 Å². The van der Waals surface area contributed by atoms with Crippen molar-refractivity contribution in [3.63, 3.8) is 0 Å². The Morgan fingerprint density at radius 2 is 2.00 bits per heavy atom.